The van der Waals surface area contributed by atoms with Gasteiger partial charge in [0.25, 0.3) is 0 Å². The van der Waals surface area contributed by atoms with Crippen molar-refractivity contribution in [2.45, 2.75) is 19.3 Å². The molecule has 12 rings (SSSR count). The van der Waals surface area contributed by atoms with Gasteiger partial charge in [0.15, 0.2) is 11.5 Å². The largest absolute Gasteiger partial charge is 0.309 e. The van der Waals surface area contributed by atoms with Crippen LogP contribution in [-0.4, -0.2) is 19.5 Å². The summed E-state index contributed by atoms with van der Waals surface area (Å²) in [5.74, 6) is 0.662. The summed E-state index contributed by atoms with van der Waals surface area (Å²) in [6.07, 6.45) is 1.81. The van der Waals surface area contributed by atoms with Crippen molar-refractivity contribution in [3.05, 3.63) is 169 Å². The molecule has 258 valence electrons. The fourth-order valence-electron chi connectivity index (χ4n) is 9.31. The summed E-state index contributed by atoms with van der Waals surface area (Å²) in [5.41, 5.74) is 12.3. The van der Waals surface area contributed by atoms with Crippen LogP contribution in [-0.2, 0) is 5.41 Å². The van der Waals surface area contributed by atoms with E-state index in [1.54, 1.807) is 0 Å². The average molecular weight is 721 g/mol. The first-order valence-corrected chi connectivity index (χ1v) is 19.6. The number of pyridine rings is 1. The molecule has 0 radical (unpaired) electrons. The highest BCUT2D eigenvalue weighted by atomic mass is 32.1. The van der Waals surface area contributed by atoms with Crippen LogP contribution in [0, 0.1) is 0 Å². The molecule has 0 unspecified atom stereocenters. The lowest BCUT2D eigenvalue weighted by molar-refractivity contribution is 0.660. The van der Waals surface area contributed by atoms with Crippen LogP contribution in [0.5, 0.6) is 0 Å². The van der Waals surface area contributed by atoms with Crippen LogP contribution in [0.3, 0.4) is 0 Å². The van der Waals surface area contributed by atoms with E-state index < -0.39 is 0 Å². The molecule has 0 saturated carbocycles. The first-order valence-electron chi connectivity index (χ1n) is 18.8. The molecule has 4 aromatic heterocycles. The van der Waals surface area contributed by atoms with Gasteiger partial charge in [0.2, 0.25) is 0 Å². The molecule has 0 aliphatic heterocycles. The maximum Gasteiger partial charge on any atom is 0.163 e. The van der Waals surface area contributed by atoms with Gasteiger partial charge in [-0.2, -0.15) is 0 Å². The molecule has 7 aromatic carbocycles. The smallest absolute Gasteiger partial charge is 0.163 e. The quantitative estimate of drug-likeness (QED) is 0.182. The Labute approximate surface area is 321 Å². The fraction of sp³-hybridized carbons (Fsp3) is 0.0600. The molecule has 0 N–H and O–H groups in total. The van der Waals surface area contributed by atoms with Crippen molar-refractivity contribution in [1.82, 2.24) is 19.5 Å². The third-order valence-electron chi connectivity index (χ3n) is 11.9. The minimum atomic E-state index is -0.109. The number of nitrogens with zero attached hydrogens (tertiary/aromatic N) is 4. The molecule has 1 aliphatic carbocycles. The van der Waals surface area contributed by atoms with Crippen LogP contribution in [0.2, 0.25) is 0 Å². The van der Waals surface area contributed by atoms with E-state index in [-0.39, 0.29) is 5.41 Å². The Bertz CT molecular complexity index is 3410. The molecule has 4 nitrogen and oxygen atoms in total. The van der Waals surface area contributed by atoms with E-state index >= 15 is 0 Å². The number of thiophene rings is 1. The number of hydrogen-bond acceptors (Lipinski definition) is 4. The van der Waals surface area contributed by atoms with E-state index in [1.165, 1.54) is 75.0 Å². The highest BCUT2D eigenvalue weighted by Crippen LogP contribution is 2.50. The zero-order valence-corrected chi connectivity index (χ0v) is 31.0. The van der Waals surface area contributed by atoms with Gasteiger partial charge in [0, 0.05) is 70.1 Å². The summed E-state index contributed by atoms with van der Waals surface area (Å²) in [7, 11) is 0. The molecule has 11 aromatic rings. The van der Waals surface area contributed by atoms with Gasteiger partial charge >= 0.3 is 0 Å². The van der Waals surface area contributed by atoms with E-state index in [1.807, 2.05) is 23.6 Å². The zero-order valence-electron chi connectivity index (χ0n) is 30.2. The van der Waals surface area contributed by atoms with E-state index in [9.17, 15) is 0 Å². The predicted octanol–water partition coefficient (Wildman–Crippen LogP) is 13.3. The zero-order chi connectivity index (χ0) is 36.4. The number of para-hydroxylation sites is 1. The molecular weight excluding hydrogens is 689 g/mol. The predicted molar refractivity (Wildman–Crippen MR) is 231 cm³/mol. The molecular formula is C50H32N4S. The second-order valence-electron chi connectivity index (χ2n) is 15.2. The van der Waals surface area contributed by atoms with E-state index in [0.717, 1.165) is 27.9 Å². The van der Waals surface area contributed by atoms with Gasteiger partial charge in [-0.3, -0.25) is 0 Å². The fourth-order valence-corrected chi connectivity index (χ4v) is 10.6. The second-order valence-corrected chi connectivity index (χ2v) is 16.2. The Morgan fingerprint density at radius 1 is 0.545 bits per heavy atom. The highest BCUT2D eigenvalue weighted by Gasteiger charge is 2.35. The molecule has 0 bridgehead atoms. The van der Waals surface area contributed by atoms with Crippen molar-refractivity contribution < 1.29 is 0 Å². The lowest BCUT2D eigenvalue weighted by Crippen LogP contribution is -2.15. The molecule has 4 heterocycles. The monoisotopic (exact) mass is 720 g/mol. The first kappa shape index (κ1) is 30.7. The van der Waals surface area contributed by atoms with Crippen molar-refractivity contribution >= 4 is 75.1 Å². The van der Waals surface area contributed by atoms with Crippen LogP contribution >= 0.6 is 11.3 Å². The lowest BCUT2D eigenvalue weighted by atomic mass is 9.82. The first-order chi connectivity index (χ1) is 27.0. The number of fused-ring (bicyclic) bond motifs is 14. The van der Waals surface area contributed by atoms with Crippen LogP contribution in [0.25, 0.3) is 103 Å². The van der Waals surface area contributed by atoms with Crippen molar-refractivity contribution in [1.29, 1.82) is 0 Å². The van der Waals surface area contributed by atoms with E-state index in [0.29, 0.717) is 11.5 Å². The summed E-state index contributed by atoms with van der Waals surface area (Å²) in [5, 5.41) is 8.68. The summed E-state index contributed by atoms with van der Waals surface area (Å²) < 4.78 is 5.09. The molecule has 0 fully saturated rings. The van der Waals surface area contributed by atoms with Gasteiger partial charge < -0.3 is 4.57 Å². The maximum atomic E-state index is 5.30. The maximum absolute atomic E-state index is 5.30. The standard InChI is InChI=1S/C50H32N4S/c1-50(2)39-18-8-5-12-32(39)33-26-23-30(28-40(33)50)45-38-17-11-27-51-49(38)53-48(52-45)29-21-24-31(25-22-29)54-41-19-9-6-15-36(41)43-34-13-3-4-14-35(34)47-44(46(43)54)37-16-7-10-20-42(37)55-47/h3-28H,1-2H3. The number of hydrogen-bond donors (Lipinski definition) is 0. The molecule has 5 heteroatoms. The summed E-state index contributed by atoms with van der Waals surface area (Å²) >= 11 is 1.89. The van der Waals surface area contributed by atoms with Crippen LogP contribution in [0.1, 0.15) is 25.0 Å². The number of rotatable bonds is 3. The van der Waals surface area contributed by atoms with Gasteiger partial charge in [-0.25, -0.2) is 15.0 Å². The van der Waals surface area contributed by atoms with Crippen LogP contribution in [0.15, 0.2) is 158 Å². The van der Waals surface area contributed by atoms with Crippen LogP contribution in [0.4, 0.5) is 0 Å². The van der Waals surface area contributed by atoms with Gasteiger partial charge in [0.1, 0.15) is 0 Å². The van der Waals surface area contributed by atoms with Crippen molar-refractivity contribution in [2.75, 3.05) is 0 Å². The van der Waals surface area contributed by atoms with Crippen molar-refractivity contribution in [3.63, 3.8) is 0 Å². The Morgan fingerprint density at radius 2 is 1.24 bits per heavy atom. The molecule has 1 aliphatic rings. The van der Waals surface area contributed by atoms with Crippen molar-refractivity contribution in [2.24, 2.45) is 0 Å². The van der Waals surface area contributed by atoms with Gasteiger partial charge in [-0.05, 0) is 82.2 Å². The molecule has 55 heavy (non-hydrogen) atoms. The Balaban J connectivity index is 1.05. The van der Waals surface area contributed by atoms with Gasteiger partial charge in [-0.1, -0.05) is 111 Å². The van der Waals surface area contributed by atoms with Crippen LogP contribution < -0.4 is 0 Å². The SMILES string of the molecule is CC1(C)c2ccccc2-c2ccc(-c3nc(-c4ccc(-n5c6ccccc6c6c7ccccc7c7sc8ccccc8c7c65)cc4)nc4ncccc34)cc21. The third kappa shape index (κ3) is 4.24. The number of aromatic nitrogens is 4. The normalized spacial score (nSPS) is 13.4. The van der Waals surface area contributed by atoms with Crippen molar-refractivity contribution in [3.8, 4) is 39.5 Å². The molecule has 0 atom stereocenters. The molecule has 0 spiro atoms. The Kier molecular flexibility index (Phi) is 6.24. The topological polar surface area (TPSA) is 43.6 Å². The highest BCUT2D eigenvalue weighted by molar-refractivity contribution is 7.27. The summed E-state index contributed by atoms with van der Waals surface area (Å²) in [6.45, 7) is 4.64. The second kappa shape index (κ2) is 11.2. The van der Waals surface area contributed by atoms with Gasteiger partial charge in [0.05, 0.1) is 16.7 Å². The average Bonchev–Trinajstić information content (AvgIpc) is 3.87. The molecule has 0 saturated heterocycles. The lowest BCUT2D eigenvalue weighted by Gasteiger charge is -2.22. The Hall–Kier alpha value is -6.69. The van der Waals surface area contributed by atoms with E-state index in [4.69, 9.17) is 15.0 Å². The summed E-state index contributed by atoms with van der Waals surface area (Å²) in [4.78, 5) is 15.1. The number of benzene rings is 7. The minimum absolute atomic E-state index is 0.109. The summed E-state index contributed by atoms with van der Waals surface area (Å²) in [6, 6.07) is 54.9. The van der Waals surface area contributed by atoms with Gasteiger partial charge in [-0.15, -0.1) is 11.3 Å². The Morgan fingerprint density at radius 3 is 2.11 bits per heavy atom. The minimum Gasteiger partial charge on any atom is -0.309 e. The molecule has 0 amide bonds. The van der Waals surface area contributed by atoms with E-state index in [2.05, 4.69) is 164 Å². The third-order valence-corrected chi connectivity index (χ3v) is 13.1.